The van der Waals surface area contributed by atoms with Gasteiger partial charge in [-0.1, -0.05) is 5.92 Å². The van der Waals surface area contributed by atoms with Crippen LogP contribution in [0.1, 0.15) is 4.88 Å². The maximum atomic E-state index is 12.1. The van der Waals surface area contributed by atoms with Gasteiger partial charge < -0.3 is 14.9 Å². The summed E-state index contributed by atoms with van der Waals surface area (Å²) in [6, 6.07) is 1.52. The Hall–Kier alpha value is -1.52. The van der Waals surface area contributed by atoms with Crippen LogP contribution in [0.4, 0.5) is 4.79 Å². The molecule has 0 atom stereocenters. The molecule has 102 valence electrons. The van der Waals surface area contributed by atoms with Crippen molar-refractivity contribution in [3.8, 4) is 12.3 Å². The smallest absolute Gasteiger partial charge is 0.323 e. The summed E-state index contributed by atoms with van der Waals surface area (Å²) >= 11 is 4.86. The molecule has 2 amide bonds. The molecule has 1 aromatic heterocycles. The Morgan fingerprint density at radius 1 is 1.58 bits per heavy atom. The first-order valence-electron chi connectivity index (χ1n) is 5.32. The van der Waals surface area contributed by atoms with Crippen molar-refractivity contribution >= 4 is 39.3 Å². The Balaban J connectivity index is 2.67. The number of carboxylic acids is 1. The van der Waals surface area contributed by atoms with Crippen molar-refractivity contribution in [2.75, 3.05) is 20.1 Å². The van der Waals surface area contributed by atoms with E-state index in [0.29, 0.717) is 6.54 Å². The summed E-state index contributed by atoms with van der Waals surface area (Å²) in [4.78, 5) is 26.3. The molecule has 0 aliphatic heterocycles. The largest absolute Gasteiger partial charge is 0.480 e. The Bertz CT molecular complexity index is 509. The average molecular weight is 345 g/mol. The maximum Gasteiger partial charge on any atom is 0.323 e. The van der Waals surface area contributed by atoms with Crippen LogP contribution in [0.15, 0.2) is 15.9 Å². The highest BCUT2D eigenvalue weighted by atomic mass is 79.9. The van der Waals surface area contributed by atoms with Crippen LogP contribution in [0.2, 0.25) is 0 Å². The van der Waals surface area contributed by atoms with Gasteiger partial charge in [0.05, 0.1) is 13.1 Å². The van der Waals surface area contributed by atoms with Crippen LogP contribution in [-0.4, -0.2) is 47.0 Å². The van der Waals surface area contributed by atoms with Crippen molar-refractivity contribution in [3.63, 3.8) is 0 Å². The van der Waals surface area contributed by atoms with E-state index in [1.54, 1.807) is 7.05 Å². The van der Waals surface area contributed by atoms with Crippen LogP contribution >= 0.6 is 27.3 Å². The van der Waals surface area contributed by atoms with E-state index in [-0.39, 0.29) is 6.54 Å². The molecule has 1 N–H and O–H groups in total. The van der Waals surface area contributed by atoms with E-state index < -0.39 is 18.5 Å². The van der Waals surface area contributed by atoms with Gasteiger partial charge in [-0.3, -0.25) is 4.79 Å². The lowest BCUT2D eigenvalue weighted by molar-refractivity contribution is -0.137. The SMILES string of the molecule is C#CCN(CC(=O)O)C(=O)N(C)Cc1cc(Br)cs1. The number of carboxylic acid groups (broad SMARTS) is 1. The Morgan fingerprint density at radius 3 is 2.74 bits per heavy atom. The lowest BCUT2D eigenvalue weighted by Gasteiger charge is -2.25. The molecule has 1 rings (SSSR count). The molecule has 1 heterocycles. The second-order valence-corrected chi connectivity index (χ2v) is 5.74. The molecular weight excluding hydrogens is 332 g/mol. The van der Waals surface area contributed by atoms with Gasteiger partial charge in [0.25, 0.3) is 0 Å². The lowest BCUT2D eigenvalue weighted by atomic mass is 10.4. The number of carbonyl (C=O) groups is 2. The van der Waals surface area contributed by atoms with E-state index in [9.17, 15) is 9.59 Å². The summed E-state index contributed by atoms with van der Waals surface area (Å²) in [7, 11) is 1.61. The highest BCUT2D eigenvalue weighted by molar-refractivity contribution is 9.10. The summed E-state index contributed by atoms with van der Waals surface area (Å²) in [6.07, 6.45) is 5.14. The number of nitrogens with zero attached hydrogens (tertiary/aromatic N) is 2. The van der Waals surface area contributed by atoms with E-state index in [0.717, 1.165) is 14.2 Å². The second-order valence-electron chi connectivity index (χ2n) is 3.82. The third-order valence-electron chi connectivity index (χ3n) is 2.22. The number of rotatable bonds is 5. The second kappa shape index (κ2) is 7.16. The molecule has 5 nitrogen and oxygen atoms in total. The predicted octanol–water partition coefficient (Wildman–Crippen LogP) is 2.08. The van der Waals surface area contributed by atoms with Gasteiger partial charge in [-0.25, -0.2) is 4.79 Å². The molecule has 0 aliphatic carbocycles. The normalized spacial score (nSPS) is 9.74. The monoisotopic (exact) mass is 344 g/mol. The van der Waals surface area contributed by atoms with E-state index in [1.807, 2.05) is 11.4 Å². The highest BCUT2D eigenvalue weighted by Crippen LogP contribution is 2.21. The van der Waals surface area contributed by atoms with E-state index in [1.165, 1.54) is 16.2 Å². The molecular formula is C12H13BrN2O3S. The first-order chi connectivity index (χ1) is 8.93. The minimum absolute atomic E-state index is 0.0242. The molecule has 0 unspecified atom stereocenters. The molecule has 0 aliphatic rings. The van der Waals surface area contributed by atoms with Gasteiger partial charge in [0.15, 0.2) is 0 Å². The van der Waals surface area contributed by atoms with Crippen LogP contribution < -0.4 is 0 Å². The van der Waals surface area contributed by atoms with Crippen molar-refractivity contribution < 1.29 is 14.7 Å². The fraction of sp³-hybridized carbons (Fsp3) is 0.333. The number of carbonyl (C=O) groups excluding carboxylic acids is 1. The van der Waals surface area contributed by atoms with Gasteiger partial charge in [0.2, 0.25) is 0 Å². The van der Waals surface area contributed by atoms with Gasteiger partial charge in [0.1, 0.15) is 6.54 Å². The maximum absolute atomic E-state index is 12.1. The van der Waals surface area contributed by atoms with Crippen LogP contribution in [0.25, 0.3) is 0 Å². The van der Waals surface area contributed by atoms with E-state index >= 15 is 0 Å². The number of hydrogen-bond acceptors (Lipinski definition) is 3. The topological polar surface area (TPSA) is 60.9 Å². The molecule has 19 heavy (non-hydrogen) atoms. The third kappa shape index (κ3) is 4.93. The van der Waals surface area contributed by atoms with Gasteiger partial charge in [-0.05, 0) is 22.0 Å². The number of halogens is 1. The number of thiophene rings is 1. The minimum Gasteiger partial charge on any atom is -0.480 e. The van der Waals surface area contributed by atoms with Gasteiger partial charge in [-0.15, -0.1) is 17.8 Å². The zero-order chi connectivity index (χ0) is 14.4. The number of hydrogen-bond donors (Lipinski definition) is 1. The van der Waals surface area contributed by atoms with E-state index in [4.69, 9.17) is 11.5 Å². The minimum atomic E-state index is -1.09. The fourth-order valence-corrected chi connectivity index (χ4v) is 2.95. The van der Waals surface area contributed by atoms with Crippen LogP contribution in [0.3, 0.4) is 0 Å². The standard InChI is InChI=1S/C12H13BrN2O3S/c1-3-4-15(7-11(16)17)12(18)14(2)6-10-5-9(13)8-19-10/h1,5,8H,4,6-7H2,2H3,(H,16,17). The number of aliphatic carboxylic acids is 1. The highest BCUT2D eigenvalue weighted by Gasteiger charge is 2.20. The molecule has 0 fully saturated rings. The Morgan fingerprint density at radius 2 is 2.26 bits per heavy atom. The van der Waals surface area contributed by atoms with Crippen molar-refractivity contribution in [1.29, 1.82) is 0 Å². The molecule has 1 aromatic rings. The molecule has 0 spiro atoms. The first kappa shape index (κ1) is 15.5. The lowest BCUT2D eigenvalue weighted by Crippen LogP contribution is -2.43. The van der Waals surface area contributed by atoms with Crippen molar-refractivity contribution in [3.05, 3.63) is 20.8 Å². The summed E-state index contributed by atoms with van der Waals surface area (Å²) in [5.41, 5.74) is 0. The van der Waals surface area contributed by atoms with Crippen LogP contribution in [0.5, 0.6) is 0 Å². The molecule has 0 saturated carbocycles. The summed E-state index contributed by atoms with van der Waals surface area (Å²) in [5, 5.41) is 10.7. The van der Waals surface area contributed by atoms with Gasteiger partial charge in [-0.2, -0.15) is 0 Å². The number of urea groups is 1. The predicted molar refractivity (Wildman–Crippen MR) is 76.9 cm³/mol. The van der Waals surface area contributed by atoms with Crippen molar-refractivity contribution in [2.45, 2.75) is 6.54 Å². The summed E-state index contributed by atoms with van der Waals surface area (Å²) in [6.45, 7) is -0.0130. The van der Waals surface area contributed by atoms with Gasteiger partial charge in [0, 0.05) is 21.8 Å². The molecule has 0 radical (unpaired) electrons. The molecule has 7 heteroatoms. The first-order valence-corrected chi connectivity index (χ1v) is 6.99. The summed E-state index contributed by atoms with van der Waals surface area (Å²) in [5.74, 6) is 1.20. The molecule has 0 bridgehead atoms. The Labute approximate surface area is 123 Å². The van der Waals surface area contributed by atoms with Crippen molar-refractivity contribution in [2.24, 2.45) is 0 Å². The number of amides is 2. The van der Waals surface area contributed by atoms with E-state index in [2.05, 4.69) is 21.9 Å². The van der Waals surface area contributed by atoms with Crippen LogP contribution in [-0.2, 0) is 11.3 Å². The zero-order valence-electron chi connectivity index (χ0n) is 10.3. The quantitative estimate of drug-likeness (QED) is 0.832. The Kier molecular flexibility index (Phi) is 5.86. The van der Waals surface area contributed by atoms with Crippen LogP contribution in [0, 0.1) is 12.3 Å². The van der Waals surface area contributed by atoms with Gasteiger partial charge >= 0.3 is 12.0 Å². The molecule has 0 aromatic carbocycles. The third-order valence-corrected chi connectivity index (χ3v) is 3.90. The fourth-order valence-electron chi connectivity index (χ4n) is 1.44. The average Bonchev–Trinajstić information content (AvgIpc) is 2.72. The zero-order valence-corrected chi connectivity index (χ0v) is 12.7. The molecule has 0 saturated heterocycles. The van der Waals surface area contributed by atoms with Crippen molar-refractivity contribution in [1.82, 2.24) is 9.80 Å². The summed E-state index contributed by atoms with van der Waals surface area (Å²) < 4.78 is 0.958. The number of terminal acetylenes is 1.